The molecule has 1 aliphatic carbocycles. The number of para-hydroxylation sites is 1. The van der Waals surface area contributed by atoms with Crippen LogP contribution in [0.4, 0.5) is 5.69 Å². The van der Waals surface area contributed by atoms with Gasteiger partial charge in [0.2, 0.25) is 5.91 Å². The number of nitrogens with zero attached hydrogens (tertiary/aromatic N) is 1. The van der Waals surface area contributed by atoms with E-state index in [0.717, 1.165) is 12.8 Å². The van der Waals surface area contributed by atoms with E-state index in [2.05, 4.69) is 10.6 Å². The molecule has 0 heterocycles. The van der Waals surface area contributed by atoms with E-state index in [1.807, 2.05) is 0 Å². The normalized spacial score (nSPS) is 16.6. The molecule has 1 unspecified atom stereocenters. The number of nitrogens with one attached hydrogen (secondary N) is 2. The van der Waals surface area contributed by atoms with E-state index < -0.39 is 4.92 Å². The Kier molecular flexibility index (Phi) is 5.27. The third-order valence-electron chi connectivity index (χ3n) is 3.88. The second-order valence-electron chi connectivity index (χ2n) is 5.48. The van der Waals surface area contributed by atoms with Crippen molar-refractivity contribution < 1.29 is 9.72 Å². The first-order valence-corrected chi connectivity index (χ1v) is 7.34. The Morgan fingerprint density at radius 3 is 2.71 bits per heavy atom. The Bertz CT molecular complexity index is 513. The first kappa shape index (κ1) is 15.4. The van der Waals surface area contributed by atoms with Gasteiger partial charge in [0.1, 0.15) is 0 Å². The van der Waals surface area contributed by atoms with Gasteiger partial charge in [-0.2, -0.15) is 0 Å². The first-order chi connectivity index (χ1) is 10.1. The zero-order valence-electron chi connectivity index (χ0n) is 12.2. The third kappa shape index (κ3) is 4.26. The lowest BCUT2D eigenvalue weighted by atomic mass is 10.1. The summed E-state index contributed by atoms with van der Waals surface area (Å²) in [5.41, 5.74) is 0.663. The number of rotatable bonds is 6. The average molecular weight is 291 g/mol. The Balaban J connectivity index is 1.87. The fourth-order valence-corrected chi connectivity index (χ4v) is 2.59. The van der Waals surface area contributed by atoms with E-state index >= 15 is 0 Å². The molecule has 114 valence electrons. The average Bonchev–Trinajstić information content (AvgIpc) is 2.97. The van der Waals surface area contributed by atoms with Crippen molar-refractivity contribution in [3.63, 3.8) is 0 Å². The lowest BCUT2D eigenvalue weighted by Gasteiger charge is -2.17. The summed E-state index contributed by atoms with van der Waals surface area (Å²) in [6, 6.07) is 6.48. The predicted molar refractivity (Wildman–Crippen MR) is 79.8 cm³/mol. The molecule has 21 heavy (non-hydrogen) atoms. The van der Waals surface area contributed by atoms with Crippen molar-refractivity contribution in [2.24, 2.45) is 0 Å². The zero-order valence-corrected chi connectivity index (χ0v) is 12.2. The van der Waals surface area contributed by atoms with Gasteiger partial charge in [-0.15, -0.1) is 0 Å². The number of carbonyl (C=O) groups excluding carboxylic acids is 1. The molecule has 1 amide bonds. The number of nitro groups is 1. The molecular formula is C15H21N3O3. The molecule has 2 N–H and O–H groups in total. The maximum Gasteiger partial charge on any atom is 0.273 e. The van der Waals surface area contributed by atoms with Crippen LogP contribution in [0.2, 0.25) is 0 Å². The number of nitro benzene ring substituents is 1. The van der Waals surface area contributed by atoms with Crippen molar-refractivity contribution in [3.8, 4) is 0 Å². The van der Waals surface area contributed by atoms with Gasteiger partial charge in [-0.05, 0) is 19.8 Å². The van der Waals surface area contributed by atoms with Crippen molar-refractivity contribution in [2.45, 2.75) is 51.2 Å². The lowest BCUT2D eigenvalue weighted by Crippen LogP contribution is -2.45. The van der Waals surface area contributed by atoms with Crippen LogP contribution in [0.1, 0.15) is 38.2 Å². The molecule has 1 saturated carbocycles. The predicted octanol–water partition coefficient (Wildman–Crippen LogP) is 2.13. The van der Waals surface area contributed by atoms with Crippen molar-refractivity contribution >= 4 is 11.6 Å². The van der Waals surface area contributed by atoms with Crippen LogP contribution in [0.15, 0.2) is 24.3 Å². The SMILES string of the molecule is CC(NCc1ccccc1[N+](=O)[O-])C(=O)NC1CCCC1. The molecule has 0 aromatic heterocycles. The van der Waals surface area contributed by atoms with Gasteiger partial charge in [-0.3, -0.25) is 14.9 Å². The van der Waals surface area contributed by atoms with Gasteiger partial charge in [-0.1, -0.05) is 31.0 Å². The summed E-state index contributed by atoms with van der Waals surface area (Å²) in [6.45, 7) is 2.08. The topological polar surface area (TPSA) is 84.3 Å². The molecule has 0 spiro atoms. The summed E-state index contributed by atoms with van der Waals surface area (Å²) in [5.74, 6) is -0.0412. The van der Waals surface area contributed by atoms with Gasteiger partial charge >= 0.3 is 0 Å². The third-order valence-corrected chi connectivity index (χ3v) is 3.88. The van der Waals surface area contributed by atoms with Gasteiger partial charge in [0.25, 0.3) is 5.69 Å². The number of amides is 1. The van der Waals surface area contributed by atoms with Crippen molar-refractivity contribution in [1.29, 1.82) is 0 Å². The molecule has 2 rings (SSSR count). The second kappa shape index (κ2) is 7.17. The summed E-state index contributed by atoms with van der Waals surface area (Å²) in [4.78, 5) is 22.6. The molecular weight excluding hydrogens is 270 g/mol. The van der Waals surface area contributed by atoms with Crippen LogP contribution >= 0.6 is 0 Å². The molecule has 0 radical (unpaired) electrons. The summed E-state index contributed by atoms with van der Waals surface area (Å²) in [6.07, 6.45) is 4.43. The Morgan fingerprint density at radius 2 is 2.05 bits per heavy atom. The Hall–Kier alpha value is -1.95. The molecule has 6 heteroatoms. The van der Waals surface area contributed by atoms with Crippen LogP contribution in [0, 0.1) is 10.1 Å². The van der Waals surface area contributed by atoms with Crippen LogP contribution in [0.25, 0.3) is 0 Å². The van der Waals surface area contributed by atoms with Gasteiger partial charge in [0, 0.05) is 24.2 Å². The number of benzene rings is 1. The van der Waals surface area contributed by atoms with Gasteiger partial charge in [0.05, 0.1) is 11.0 Å². The molecule has 1 aromatic rings. The molecule has 6 nitrogen and oxygen atoms in total. The highest BCUT2D eigenvalue weighted by atomic mass is 16.6. The number of carbonyl (C=O) groups is 1. The summed E-state index contributed by atoms with van der Waals surface area (Å²) < 4.78 is 0. The maximum absolute atomic E-state index is 12.0. The standard InChI is InChI=1S/C15H21N3O3/c1-11(15(19)17-13-7-3-4-8-13)16-10-12-6-2-5-9-14(12)18(20)21/h2,5-6,9,11,13,16H,3-4,7-8,10H2,1H3,(H,17,19). The highest BCUT2D eigenvalue weighted by Gasteiger charge is 2.21. The Morgan fingerprint density at radius 1 is 1.38 bits per heavy atom. The van der Waals surface area contributed by atoms with Crippen molar-refractivity contribution in [3.05, 3.63) is 39.9 Å². The van der Waals surface area contributed by atoms with Crippen LogP contribution in [0.3, 0.4) is 0 Å². The minimum atomic E-state index is -0.403. The summed E-state index contributed by atoms with van der Waals surface area (Å²) in [5, 5.41) is 17.0. The van der Waals surface area contributed by atoms with Crippen LogP contribution in [0.5, 0.6) is 0 Å². The minimum absolute atomic E-state index is 0.0412. The quantitative estimate of drug-likeness (QED) is 0.621. The maximum atomic E-state index is 12.0. The molecule has 1 aliphatic rings. The fraction of sp³-hybridized carbons (Fsp3) is 0.533. The zero-order chi connectivity index (χ0) is 15.2. The molecule has 1 fully saturated rings. The molecule has 0 bridgehead atoms. The smallest absolute Gasteiger partial charge is 0.273 e. The van der Waals surface area contributed by atoms with E-state index in [1.165, 1.54) is 18.9 Å². The first-order valence-electron chi connectivity index (χ1n) is 7.34. The molecule has 0 saturated heterocycles. The van der Waals surface area contributed by atoms with Crippen molar-refractivity contribution in [1.82, 2.24) is 10.6 Å². The molecule has 1 aromatic carbocycles. The summed E-state index contributed by atoms with van der Waals surface area (Å²) in [7, 11) is 0. The van der Waals surface area contributed by atoms with E-state index in [9.17, 15) is 14.9 Å². The molecule has 0 aliphatic heterocycles. The minimum Gasteiger partial charge on any atom is -0.352 e. The van der Waals surface area contributed by atoms with Crippen LogP contribution < -0.4 is 10.6 Å². The number of hydrogen-bond donors (Lipinski definition) is 2. The largest absolute Gasteiger partial charge is 0.352 e. The van der Waals surface area contributed by atoms with Crippen LogP contribution in [-0.2, 0) is 11.3 Å². The molecule has 1 atom stereocenters. The Labute approximate surface area is 124 Å². The number of hydrogen-bond acceptors (Lipinski definition) is 4. The van der Waals surface area contributed by atoms with E-state index in [-0.39, 0.29) is 23.7 Å². The van der Waals surface area contributed by atoms with Gasteiger partial charge in [-0.25, -0.2) is 0 Å². The van der Waals surface area contributed by atoms with E-state index in [1.54, 1.807) is 25.1 Å². The van der Waals surface area contributed by atoms with E-state index in [0.29, 0.717) is 12.1 Å². The van der Waals surface area contributed by atoms with Crippen LogP contribution in [-0.4, -0.2) is 22.9 Å². The fourth-order valence-electron chi connectivity index (χ4n) is 2.59. The van der Waals surface area contributed by atoms with Crippen molar-refractivity contribution in [2.75, 3.05) is 0 Å². The second-order valence-corrected chi connectivity index (χ2v) is 5.48. The van der Waals surface area contributed by atoms with E-state index in [4.69, 9.17) is 0 Å². The summed E-state index contributed by atoms with van der Waals surface area (Å²) >= 11 is 0. The monoisotopic (exact) mass is 291 g/mol. The highest BCUT2D eigenvalue weighted by Crippen LogP contribution is 2.18. The van der Waals surface area contributed by atoms with Gasteiger partial charge in [0.15, 0.2) is 0 Å². The lowest BCUT2D eigenvalue weighted by molar-refractivity contribution is -0.385. The van der Waals surface area contributed by atoms with Gasteiger partial charge < -0.3 is 10.6 Å². The highest BCUT2D eigenvalue weighted by molar-refractivity contribution is 5.81.